The Hall–Kier alpha value is -4.17. The van der Waals surface area contributed by atoms with Crippen molar-refractivity contribution in [2.24, 2.45) is 0 Å². The Morgan fingerprint density at radius 3 is 1.89 bits per heavy atom. The molecular weight excluding hydrogens is 568 g/mol. The van der Waals surface area contributed by atoms with Crippen LogP contribution in [0.25, 0.3) is 0 Å². The van der Waals surface area contributed by atoms with Crippen molar-refractivity contribution in [1.82, 2.24) is 5.32 Å². The van der Waals surface area contributed by atoms with Crippen LogP contribution in [0.5, 0.6) is 5.75 Å². The molecule has 45 heavy (non-hydrogen) atoms. The largest absolute Gasteiger partial charge is 0.507 e. The van der Waals surface area contributed by atoms with Crippen LogP contribution < -0.4 is 10.6 Å². The van der Waals surface area contributed by atoms with Crippen molar-refractivity contribution in [2.75, 3.05) is 18.5 Å². The highest BCUT2D eigenvalue weighted by molar-refractivity contribution is 5.95. The second-order valence-corrected chi connectivity index (χ2v) is 10.3. The van der Waals surface area contributed by atoms with Crippen molar-refractivity contribution < 1.29 is 29.3 Å². The van der Waals surface area contributed by atoms with Crippen LogP contribution in [0.3, 0.4) is 0 Å². The zero-order valence-electron chi connectivity index (χ0n) is 27.0. The zero-order chi connectivity index (χ0) is 33.0. The molecule has 0 radical (unpaired) electrons. The number of carboxylic acids is 1. The molecule has 8 heteroatoms. The molecule has 8 nitrogen and oxygen atoms in total. The first-order valence-corrected chi connectivity index (χ1v) is 16.0. The lowest BCUT2D eigenvalue weighted by molar-refractivity contribution is -0.130. The molecule has 0 bridgehead atoms. The Labute approximate surface area is 269 Å². The van der Waals surface area contributed by atoms with E-state index in [1.165, 1.54) is 18.2 Å². The molecule has 0 aliphatic carbocycles. The van der Waals surface area contributed by atoms with E-state index >= 15 is 0 Å². The van der Waals surface area contributed by atoms with Crippen LogP contribution in [-0.4, -0.2) is 47.3 Å². The van der Waals surface area contributed by atoms with Gasteiger partial charge in [-0.25, -0.2) is 9.59 Å². The minimum Gasteiger partial charge on any atom is -0.507 e. The fourth-order valence-corrected chi connectivity index (χ4v) is 4.09. The third kappa shape index (κ3) is 20.4. The molecule has 0 aliphatic heterocycles. The lowest BCUT2D eigenvalue weighted by atomic mass is 10.1. The molecule has 0 fully saturated rings. The summed E-state index contributed by atoms with van der Waals surface area (Å²) in [6, 6.07) is 3.25. The van der Waals surface area contributed by atoms with Gasteiger partial charge in [-0.05, 0) is 82.4 Å². The second kappa shape index (κ2) is 26.3. The van der Waals surface area contributed by atoms with E-state index < -0.39 is 18.1 Å². The highest BCUT2D eigenvalue weighted by Crippen LogP contribution is 2.21. The monoisotopic (exact) mass is 620 g/mol. The van der Waals surface area contributed by atoms with Gasteiger partial charge in [-0.1, -0.05) is 86.8 Å². The zero-order valence-corrected chi connectivity index (χ0v) is 27.0. The quantitative estimate of drug-likeness (QED) is 0.0520. The summed E-state index contributed by atoms with van der Waals surface area (Å²) in [6.45, 7) is 4.86. The average Bonchev–Trinajstić information content (AvgIpc) is 3.02. The van der Waals surface area contributed by atoms with Crippen molar-refractivity contribution in [1.29, 1.82) is 0 Å². The maximum Gasteiger partial charge on any atom is 0.339 e. The van der Waals surface area contributed by atoms with Gasteiger partial charge in [-0.3, -0.25) is 4.79 Å². The summed E-state index contributed by atoms with van der Waals surface area (Å²) in [5.74, 6) is -1.66. The number of nitrogens with one attached hydrogen (secondary N) is 2. The molecule has 0 aliphatic rings. The summed E-state index contributed by atoms with van der Waals surface area (Å²) in [5.41, 5.74) is -0.0661. The van der Waals surface area contributed by atoms with E-state index in [0.29, 0.717) is 19.4 Å². The van der Waals surface area contributed by atoms with Gasteiger partial charge in [0.2, 0.25) is 0 Å². The summed E-state index contributed by atoms with van der Waals surface area (Å²) in [6.07, 6.45) is 34.7. The molecule has 0 aromatic heterocycles. The van der Waals surface area contributed by atoms with E-state index in [9.17, 15) is 19.5 Å². The van der Waals surface area contributed by atoms with Gasteiger partial charge in [0.05, 0.1) is 0 Å². The Balaban J connectivity index is 2.10. The maximum atomic E-state index is 12.5. The number of allylic oxidation sites excluding steroid dienone is 12. The number of unbranched alkanes of at least 4 members (excludes halogenated alkanes) is 1. The molecule has 1 rings (SSSR count). The third-order valence-electron chi connectivity index (χ3n) is 6.53. The first kappa shape index (κ1) is 38.9. The van der Waals surface area contributed by atoms with Gasteiger partial charge in [-0.2, -0.15) is 0 Å². The van der Waals surface area contributed by atoms with E-state index in [0.717, 1.165) is 51.4 Å². The molecule has 0 spiro atoms. The number of rotatable bonds is 24. The number of ketones is 1. The number of anilines is 1. The molecule has 1 aromatic rings. The lowest BCUT2D eigenvalue weighted by Gasteiger charge is -2.15. The molecule has 246 valence electrons. The number of carboxylic acid groups (broad SMARTS) is 1. The van der Waals surface area contributed by atoms with Crippen molar-refractivity contribution >= 4 is 23.5 Å². The number of aromatic hydroxyl groups is 1. The van der Waals surface area contributed by atoms with Gasteiger partial charge in [0, 0.05) is 25.3 Å². The van der Waals surface area contributed by atoms with E-state index in [1.807, 2.05) is 6.92 Å². The van der Waals surface area contributed by atoms with Crippen LogP contribution in [0.4, 0.5) is 10.5 Å². The Bertz CT molecular complexity index is 1180. The SMILES string of the molecule is CC/C=C\C/C=C\C/C=C\C/C=C\C/C=C\C/C=C\CCCOC(CC)C(=O)CCCNC(=O)Nc1ccc(O)c(C(=O)O)c1. The molecule has 0 heterocycles. The summed E-state index contributed by atoms with van der Waals surface area (Å²) < 4.78 is 5.80. The smallest absolute Gasteiger partial charge is 0.339 e. The van der Waals surface area contributed by atoms with Crippen LogP contribution in [-0.2, 0) is 9.53 Å². The molecule has 2 amide bonds. The predicted molar refractivity (Wildman–Crippen MR) is 184 cm³/mol. The summed E-state index contributed by atoms with van der Waals surface area (Å²) >= 11 is 0. The topological polar surface area (TPSA) is 125 Å². The highest BCUT2D eigenvalue weighted by atomic mass is 16.5. The number of hydrogen-bond acceptors (Lipinski definition) is 5. The normalized spacial score (nSPS) is 12.8. The number of Topliss-reactive ketones (excluding diaryl/α,β-unsaturated/α-hetero) is 1. The summed E-state index contributed by atoms with van der Waals surface area (Å²) in [5, 5.41) is 23.8. The average molecular weight is 621 g/mol. The predicted octanol–water partition coefficient (Wildman–Crippen LogP) is 8.83. The van der Waals surface area contributed by atoms with Gasteiger partial charge in [0.1, 0.15) is 17.4 Å². The Morgan fingerprint density at radius 2 is 1.36 bits per heavy atom. The van der Waals surface area contributed by atoms with Crippen LogP contribution in [0.15, 0.2) is 91.1 Å². The molecule has 1 unspecified atom stereocenters. The Morgan fingerprint density at radius 1 is 0.800 bits per heavy atom. The first-order valence-electron chi connectivity index (χ1n) is 16.0. The third-order valence-corrected chi connectivity index (χ3v) is 6.53. The van der Waals surface area contributed by atoms with E-state index in [1.54, 1.807) is 0 Å². The second-order valence-electron chi connectivity index (χ2n) is 10.3. The van der Waals surface area contributed by atoms with Gasteiger partial charge < -0.3 is 25.6 Å². The number of benzene rings is 1. The van der Waals surface area contributed by atoms with Crippen LogP contribution in [0, 0.1) is 0 Å². The standard InChI is InChI=1S/C37H52N2O6/c1-3-5-6-7-8-9-10-11-12-13-14-15-16-17-18-19-20-21-22-23-29-45-35(4-2)34(41)25-24-28-38-37(44)39-31-26-27-33(40)32(30-31)36(42)43/h5-6,8-9,11-12,14-15,17-18,20-21,26-27,30,35,40H,3-4,7,10,13,16,19,22-25,28-29H2,1-2H3,(H,42,43)(H2,38,39,44)/b6-5-,9-8-,12-11-,15-14-,18-17-,21-20-. The van der Waals surface area contributed by atoms with E-state index in [4.69, 9.17) is 9.84 Å². The number of carbonyl (C=O) groups is 3. The summed E-state index contributed by atoms with van der Waals surface area (Å²) in [4.78, 5) is 35.7. The van der Waals surface area contributed by atoms with Gasteiger partial charge in [-0.15, -0.1) is 0 Å². The van der Waals surface area contributed by atoms with Gasteiger partial charge in [0.25, 0.3) is 0 Å². The fourth-order valence-electron chi connectivity index (χ4n) is 4.09. The lowest BCUT2D eigenvalue weighted by Crippen LogP contribution is -2.31. The molecule has 0 saturated carbocycles. The summed E-state index contributed by atoms with van der Waals surface area (Å²) in [7, 11) is 0. The maximum absolute atomic E-state index is 12.5. The molecule has 4 N–H and O–H groups in total. The van der Waals surface area contributed by atoms with Crippen LogP contribution >= 0.6 is 0 Å². The number of hydrogen-bond donors (Lipinski definition) is 4. The molecular formula is C37H52N2O6. The number of ether oxygens (including phenoxy) is 1. The van der Waals surface area contributed by atoms with Crippen LogP contribution in [0.2, 0.25) is 0 Å². The minimum atomic E-state index is -1.29. The first-order chi connectivity index (χ1) is 21.9. The molecule has 1 aromatic carbocycles. The van der Waals surface area contributed by atoms with Crippen molar-refractivity contribution in [3.8, 4) is 5.75 Å². The fraction of sp³-hybridized carbons (Fsp3) is 0.432. The van der Waals surface area contributed by atoms with Crippen molar-refractivity contribution in [3.63, 3.8) is 0 Å². The highest BCUT2D eigenvalue weighted by Gasteiger charge is 2.16. The number of urea groups is 1. The van der Waals surface area contributed by atoms with Gasteiger partial charge in [0.15, 0.2) is 5.78 Å². The van der Waals surface area contributed by atoms with Gasteiger partial charge >= 0.3 is 12.0 Å². The molecule has 1 atom stereocenters. The number of phenols is 1. The Kier molecular flexibility index (Phi) is 22.7. The van der Waals surface area contributed by atoms with Crippen molar-refractivity contribution in [2.45, 2.75) is 90.6 Å². The van der Waals surface area contributed by atoms with Crippen LogP contribution in [0.1, 0.15) is 94.8 Å². The number of aromatic carboxylic acids is 1. The number of amides is 2. The van der Waals surface area contributed by atoms with E-state index in [-0.39, 0.29) is 35.7 Å². The van der Waals surface area contributed by atoms with E-state index in [2.05, 4.69) is 90.5 Å². The molecule has 0 saturated heterocycles. The number of carbonyl (C=O) groups excluding carboxylic acids is 2. The van der Waals surface area contributed by atoms with Crippen molar-refractivity contribution in [3.05, 3.63) is 96.7 Å². The minimum absolute atomic E-state index is 0.0123.